The van der Waals surface area contributed by atoms with Gasteiger partial charge in [-0.25, -0.2) is 0 Å². The molecule has 0 unspecified atom stereocenters. The zero-order chi connectivity index (χ0) is 21.6. The van der Waals surface area contributed by atoms with E-state index in [1.165, 1.54) is 0 Å². The van der Waals surface area contributed by atoms with Gasteiger partial charge >= 0.3 is 0 Å². The second-order valence-corrected chi connectivity index (χ2v) is 6.94. The number of carbonyl (C=O) groups excluding carboxylic acids is 2. The number of rotatable bonds is 7. The predicted molar refractivity (Wildman–Crippen MR) is 117 cm³/mol. The quantitative estimate of drug-likeness (QED) is 0.475. The first-order valence-electron chi connectivity index (χ1n) is 9.76. The molecule has 3 N–H and O–H groups in total. The highest BCUT2D eigenvalue weighted by atomic mass is 16.5. The van der Waals surface area contributed by atoms with Gasteiger partial charge in [-0.3, -0.25) is 9.59 Å². The first-order chi connectivity index (χ1) is 15.1. The van der Waals surface area contributed by atoms with Gasteiger partial charge in [0.1, 0.15) is 0 Å². The molecule has 4 rings (SSSR count). The third-order valence-electron chi connectivity index (χ3n) is 4.74. The number of nitrogens with one attached hydrogen (secondary N) is 1. The van der Waals surface area contributed by atoms with Crippen LogP contribution in [-0.2, 0) is 11.2 Å². The maximum absolute atomic E-state index is 12.2. The number of aromatic nitrogens is 2. The topological polar surface area (TPSA) is 111 Å². The van der Waals surface area contributed by atoms with Crippen LogP contribution in [0.5, 0.6) is 0 Å². The van der Waals surface area contributed by atoms with Crippen molar-refractivity contribution in [2.45, 2.75) is 12.8 Å². The standard InChI is InChI=1S/C24H20N4O3/c25-23(30)18-10-12-20(13-11-18)26-21(29)14-15-22-27-24(28-31-22)19-8-6-17(7-9-19)16-4-2-1-3-5-16/h1-13H,14-15H2,(H2,25,30)(H,26,29). The van der Waals surface area contributed by atoms with Gasteiger partial charge in [-0.15, -0.1) is 0 Å². The van der Waals surface area contributed by atoms with Crippen LogP contribution in [0.3, 0.4) is 0 Å². The van der Waals surface area contributed by atoms with Crippen molar-refractivity contribution in [2.24, 2.45) is 5.73 Å². The van der Waals surface area contributed by atoms with Gasteiger partial charge in [0.25, 0.3) is 0 Å². The molecule has 0 aliphatic carbocycles. The van der Waals surface area contributed by atoms with Crippen molar-refractivity contribution in [3.63, 3.8) is 0 Å². The zero-order valence-corrected chi connectivity index (χ0v) is 16.6. The monoisotopic (exact) mass is 412 g/mol. The number of nitrogens with two attached hydrogens (primary N) is 1. The van der Waals surface area contributed by atoms with E-state index in [9.17, 15) is 9.59 Å². The van der Waals surface area contributed by atoms with Gasteiger partial charge in [0.2, 0.25) is 23.5 Å². The summed E-state index contributed by atoms with van der Waals surface area (Å²) in [5, 5.41) is 6.77. The molecule has 3 aromatic carbocycles. The molecule has 2 amide bonds. The molecule has 7 heteroatoms. The fraction of sp³-hybridized carbons (Fsp3) is 0.0833. The van der Waals surface area contributed by atoms with Crippen molar-refractivity contribution >= 4 is 17.5 Å². The minimum Gasteiger partial charge on any atom is -0.366 e. The number of amides is 2. The molecule has 0 fully saturated rings. The second kappa shape index (κ2) is 9.04. The van der Waals surface area contributed by atoms with Crippen molar-refractivity contribution in [1.29, 1.82) is 0 Å². The average molecular weight is 412 g/mol. The van der Waals surface area contributed by atoms with E-state index in [0.29, 0.717) is 29.4 Å². The molecule has 0 aliphatic rings. The number of nitrogens with zero attached hydrogens (tertiary/aromatic N) is 2. The Balaban J connectivity index is 1.33. The number of carbonyl (C=O) groups is 2. The van der Waals surface area contributed by atoms with Gasteiger partial charge in [-0.1, -0.05) is 59.8 Å². The van der Waals surface area contributed by atoms with Crippen molar-refractivity contribution in [3.8, 4) is 22.5 Å². The summed E-state index contributed by atoms with van der Waals surface area (Å²) in [5.41, 5.74) is 9.25. The van der Waals surface area contributed by atoms with Crippen molar-refractivity contribution < 1.29 is 14.1 Å². The third-order valence-corrected chi connectivity index (χ3v) is 4.74. The Hall–Kier alpha value is -4.26. The fourth-order valence-electron chi connectivity index (χ4n) is 3.08. The molecule has 1 aromatic heterocycles. The highest BCUT2D eigenvalue weighted by Gasteiger charge is 2.11. The number of primary amides is 1. The lowest BCUT2D eigenvalue weighted by Gasteiger charge is -2.04. The van der Waals surface area contributed by atoms with E-state index in [4.69, 9.17) is 10.3 Å². The van der Waals surface area contributed by atoms with E-state index in [2.05, 4.69) is 27.6 Å². The zero-order valence-electron chi connectivity index (χ0n) is 16.6. The van der Waals surface area contributed by atoms with E-state index in [1.54, 1.807) is 24.3 Å². The first kappa shape index (κ1) is 20.0. The van der Waals surface area contributed by atoms with Crippen LogP contribution < -0.4 is 11.1 Å². The number of hydrogen-bond donors (Lipinski definition) is 2. The molecule has 1 heterocycles. The van der Waals surface area contributed by atoms with Crippen LogP contribution >= 0.6 is 0 Å². The number of anilines is 1. The Morgan fingerprint density at radius 3 is 2.16 bits per heavy atom. The highest BCUT2D eigenvalue weighted by Crippen LogP contribution is 2.23. The van der Waals surface area contributed by atoms with Crippen molar-refractivity contribution in [2.75, 3.05) is 5.32 Å². The van der Waals surface area contributed by atoms with Crippen LogP contribution in [0.4, 0.5) is 5.69 Å². The SMILES string of the molecule is NC(=O)c1ccc(NC(=O)CCc2nc(-c3ccc(-c4ccccc4)cc3)no2)cc1. The lowest BCUT2D eigenvalue weighted by molar-refractivity contribution is -0.116. The van der Waals surface area contributed by atoms with Crippen molar-refractivity contribution in [1.82, 2.24) is 10.1 Å². The minimum atomic E-state index is -0.514. The molecule has 0 aliphatic heterocycles. The number of hydrogen-bond acceptors (Lipinski definition) is 5. The summed E-state index contributed by atoms with van der Waals surface area (Å²) in [6.07, 6.45) is 0.506. The van der Waals surface area contributed by atoms with Crippen LogP contribution in [0.2, 0.25) is 0 Å². The smallest absolute Gasteiger partial charge is 0.248 e. The lowest BCUT2D eigenvalue weighted by atomic mass is 10.0. The van der Waals surface area contributed by atoms with E-state index < -0.39 is 5.91 Å². The predicted octanol–water partition coefficient (Wildman–Crippen LogP) is 4.07. The Bertz CT molecular complexity index is 1180. The number of aryl methyl sites for hydroxylation is 1. The van der Waals surface area contributed by atoms with Gasteiger partial charge in [-0.05, 0) is 35.4 Å². The summed E-state index contributed by atoms with van der Waals surface area (Å²) in [6, 6.07) is 24.4. The van der Waals surface area contributed by atoms with Crippen molar-refractivity contribution in [3.05, 3.63) is 90.3 Å². The van der Waals surface area contributed by atoms with Gasteiger partial charge < -0.3 is 15.6 Å². The second-order valence-electron chi connectivity index (χ2n) is 6.94. The van der Waals surface area contributed by atoms with Crippen LogP contribution in [-0.4, -0.2) is 22.0 Å². The summed E-state index contributed by atoms with van der Waals surface area (Å²) in [4.78, 5) is 27.6. The molecule has 0 radical (unpaired) electrons. The Labute approximate surface area is 178 Å². The van der Waals surface area contributed by atoms with Gasteiger partial charge in [0.05, 0.1) is 0 Å². The molecule has 7 nitrogen and oxygen atoms in total. The Kier molecular flexibility index (Phi) is 5.84. The summed E-state index contributed by atoms with van der Waals surface area (Å²) in [5.74, 6) is 0.164. The van der Waals surface area contributed by atoms with E-state index in [-0.39, 0.29) is 12.3 Å². The summed E-state index contributed by atoms with van der Waals surface area (Å²) >= 11 is 0. The molecular weight excluding hydrogens is 392 g/mol. The molecule has 0 saturated carbocycles. The Morgan fingerprint density at radius 1 is 0.839 bits per heavy atom. The lowest BCUT2D eigenvalue weighted by Crippen LogP contribution is -2.13. The Morgan fingerprint density at radius 2 is 1.48 bits per heavy atom. The molecule has 154 valence electrons. The van der Waals surface area contributed by atoms with Crippen LogP contribution in [0.25, 0.3) is 22.5 Å². The van der Waals surface area contributed by atoms with E-state index >= 15 is 0 Å². The normalized spacial score (nSPS) is 10.6. The van der Waals surface area contributed by atoms with Crippen LogP contribution in [0, 0.1) is 0 Å². The number of benzene rings is 3. The van der Waals surface area contributed by atoms with Crippen LogP contribution in [0.1, 0.15) is 22.7 Å². The molecule has 4 aromatic rings. The minimum absolute atomic E-state index is 0.187. The summed E-state index contributed by atoms with van der Waals surface area (Å²) in [7, 11) is 0. The van der Waals surface area contributed by atoms with Gasteiger partial charge in [0, 0.05) is 29.7 Å². The molecular formula is C24H20N4O3. The maximum atomic E-state index is 12.2. The van der Waals surface area contributed by atoms with Gasteiger partial charge in [-0.2, -0.15) is 4.98 Å². The summed E-state index contributed by atoms with van der Waals surface area (Å²) < 4.78 is 5.28. The maximum Gasteiger partial charge on any atom is 0.248 e. The molecule has 0 spiro atoms. The van der Waals surface area contributed by atoms with E-state index in [0.717, 1.165) is 16.7 Å². The largest absolute Gasteiger partial charge is 0.366 e. The highest BCUT2D eigenvalue weighted by molar-refractivity contribution is 5.94. The summed E-state index contributed by atoms with van der Waals surface area (Å²) in [6.45, 7) is 0. The van der Waals surface area contributed by atoms with E-state index in [1.807, 2.05) is 42.5 Å². The molecule has 0 bridgehead atoms. The molecule has 0 atom stereocenters. The van der Waals surface area contributed by atoms with Gasteiger partial charge in [0.15, 0.2) is 0 Å². The molecule has 31 heavy (non-hydrogen) atoms. The third kappa shape index (κ3) is 5.02. The average Bonchev–Trinajstić information content (AvgIpc) is 3.28. The van der Waals surface area contributed by atoms with Crippen LogP contribution in [0.15, 0.2) is 83.4 Å². The fourth-order valence-corrected chi connectivity index (χ4v) is 3.08. The molecule has 0 saturated heterocycles. The first-order valence-corrected chi connectivity index (χ1v) is 9.76.